The first-order valence-electron chi connectivity index (χ1n) is 8.23. The summed E-state index contributed by atoms with van der Waals surface area (Å²) in [6.45, 7) is 1.04. The second-order valence-electron chi connectivity index (χ2n) is 5.87. The molecule has 1 amide bonds. The Morgan fingerprint density at radius 2 is 1.79 bits per heavy atom. The van der Waals surface area contributed by atoms with E-state index in [0.29, 0.717) is 22.2 Å². The van der Waals surface area contributed by atoms with Crippen molar-refractivity contribution in [2.45, 2.75) is 6.92 Å². The van der Waals surface area contributed by atoms with E-state index in [1.165, 1.54) is 43.5 Å². The molecule has 0 aliphatic rings. The van der Waals surface area contributed by atoms with Gasteiger partial charge in [-0.05, 0) is 37.3 Å². The van der Waals surface area contributed by atoms with E-state index in [9.17, 15) is 18.8 Å². The Balaban J connectivity index is 1.62. The average molecular weight is 385 g/mol. The molecule has 0 atom stereocenters. The second kappa shape index (κ2) is 7.91. The van der Waals surface area contributed by atoms with Gasteiger partial charge in [-0.15, -0.1) is 0 Å². The lowest BCUT2D eigenvalue weighted by Gasteiger charge is -2.07. The average Bonchev–Trinajstić information content (AvgIpc) is 3.04. The zero-order valence-electron chi connectivity index (χ0n) is 15.1. The van der Waals surface area contributed by atoms with E-state index in [-0.39, 0.29) is 11.3 Å². The Labute approximate surface area is 159 Å². The number of esters is 2. The van der Waals surface area contributed by atoms with Crippen molar-refractivity contribution in [1.29, 1.82) is 0 Å². The summed E-state index contributed by atoms with van der Waals surface area (Å²) < 4.78 is 28.6. The molecule has 1 heterocycles. The maximum Gasteiger partial charge on any atom is 0.375 e. The Kier molecular flexibility index (Phi) is 5.39. The first-order chi connectivity index (χ1) is 13.4. The molecule has 0 saturated carbocycles. The number of ether oxygens (including phenoxy) is 2. The van der Waals surface area contributed by atoms with Crippen LogP contribution in [0.3, 0.4) is 0 Å². The highest BCUT2D eigenvalue weighted by Gasteiger charge is 2.21. The molecule has 7 nitrogen and oxygen atoms in total. The van der Waals surface area contributed by atoms with Crippen LogP contribution in [-0.4, -0.2) is 31.6 Å². The topological polar surface area (TPSA) is 94.8 Å². The first kappa shape index (κ1) is 19.1. The van der Waals surface area contributed by atoms with Gasteiger partial charge in [-0.3, -0.25) is 4.79 Å². The van der Waals surface area contributed by atoms with E-state index in [1.807, 2.05) is 0 Å². The van der Waals surface area contributed by atoms with Crippen molar-refractivity contribution in [2.24, 2.45) is 0 Å². The number of hydrogen-bond donors (Lipinski definition) is 1. The van der Waals surface area contributed by atoms with Gasteiger partial charge in [0, 0.05) is 16.6 Å². The minimum Gasteiger partial charge on any atom is -0.465 e. The number of para-hydroxylation sites is 1. The van der Waals surface area contributed by atoms with Crippen LogP contribution < -0.4 is 5.32 Å². The standard InChI is InChI=1S/C20H16FNO6/c1-11-14-4-3-5-15(21)18(14)28-17(11)20(25)27-10-16(23)22-13-8-6-12(7-9-13)19(24)26-2/h3-9H,10H2,1-2H3,(H,22,23). The van der Waals surface area contributed by atoms with Crippen molar-refractivity contribution in [3.8, 4) is 0 Å². The molecular weight excluding hydrogens is 369 g/mol. The van der Waals surface area contributed by atoms with Crippen LogP contribution in [0, 0.1) is 12.7 Å². The molecule has 1 aromatic heterocycles. The molecule has 144 valence electrons. The number of furan rings is 1. The summed E-state index contributed by atoms with van der Waals surface area (Å²) in [5.41, 5.74) is 1.13. The predicted octanol–water partition coefficient (Wildman–Crippen LogP) is 3.46. The molecule has 0 aliphatic carbocycles. The zero-order chi connectivity index (χ0) is 20.3. The number of fused-ring (bicyclic) bond motifs is 1. The summed E-state index contributed by atoms with van der Waals surface area (Å²) in [5.74, 6) is -2.70. The summed E-state index contributed by atoms with van der Waals surface area (Å²) in [7, 11) is 1.27. The van der Waals surface area contributed by atoms with Crippen molar-refractivity contribution >= 4 is 34.5 Å². The number of hydrogen-bond acceptors (Lipinski definition) is 6. The van der Waals surface area contributed by atoms with Gasteiger partial charge in [0.25, 0.3) is 5.91 Å². The lowest BCUT2D eigenvalue weighted by Crippen LogP contribution is -2.21. The summed E-state index contributed by atoms with van der Waals surface area (Å²) in [4.78, 5) is 35.5. The number of nitrogens with one attached hydrogen (secondary N) is 1. The van der Waals surface area contributed by atoms with Crippen LogP contribution in [0.1, 0.15) is 26.5 Å². The molecule has 0 fully saturated rings. The smallest absolute Gasteiger partial charge is 0.375 e. The highest BCUT2D eigenvalue weighted by atomic mass is 19.1. The fourth-order valence-electron chi connectivity index (χ4n) is 2.60. The maximum absolute atomic E-state index is 13.8. The number of halogens is 1. The van der Waals surface area contributed by atoms with E-state index in [2.05, 4.69) is 10.1 Å². The van der Waals surface area contributed by atoms with Crippen LogP contribution in [0.5, 0.6) is 0 Å². The molecule has 3 rings (SSSR count). The Hall–Kier alpha value is -3.68. The minimum absolute atomic E-state index is 0.0397. The molecule has 0 radical (unpaired) electrons. The number of benzene rings is 2. The lowest BCUT2D eigenvalue weighted by molar-refractivity contribution is -0.119. The number of aryl methyl sites for hydroxylation is 1. The van der Waals surface area contributed by atoms with Crippen molar-refractivity contribution in [2.75, 3.05) is 19.0 Å². The minimum atomic E-state index is -0.871. The largest absolute Gasteiger partial charge is 0.465 e. The number of rotatable bonds is 5. The Morgan fingerprint density at radius 1 is 1.07 bits per heavy atom. The first-order valence-corrected chi connectivity index (χ1v) is 8.23. The van der Waals surface area contributed by atoms with Gasteiger partial charge in [0.2, 0.25) is 5.76 Å². The van der Waals surface area contributed by atoms with E-state index in [1.54, 1.807) is 13.0 Å². The van der Waals surface area contributed by atoms with E-state index in [4.69, 9.17) is 9.15 Å². The quantitative estimate of drug-likeness (QED) is 0.676. The highest BCUT2D eigenvalue weighted by Crippen LogP contribution is 2.27. The van der Waals surface area contributed by atoms with Crippen molar-refractivity contribution in [3.63, 3.8) is 0 Å². The SMILES string of the molecule is COC(=O)c1ccc(NC(=O)COC(=O)c2oc3c(F)cccc3c2C)cc1. The lowest BCUT2D eigenvalue weighted by atomic mass is 10.1. The van der Waals surface area contributed by atoms with E-state index < -0.39 is 30.3 Å². The van der Waals surface area contributed by atoms with Gasteiger partial charge in [0.15, 0.2) is 18.0 Å². The summed E-state index contributed by atoms with van der Waals surface area (Å²) in [6, 6.07) is 10.3. The monoisotopic (exact) mass is 385 g/mol. The maximum atomic E-state index is 13.8. The number of amides is 1. The van der Waals surface area contributed by atoms with Gasteiger partial charge in [-0.25, -0.2) is 14.0 Å². The van der Waals surface area contributed by atoms with Crippen LogP contribution >= 0.6 is 0 Å². The Morgan fingerprint density at radius 3 is 2.43 bits per heavy atom. The Bertz CT molecular complexity index is 1050. The fraction of sp³-hybridized carbons (Fsp3) is 0.150. The third-order valence-corrected chi connectivity index (χ3v) is 4.03. The molecule has 0 aliphatic heterocycles. The highest BCUT2D eigenvalue weighted by molar-refractivity contribution is 5.98. The van der Waals surface area contributed by atoms with Crippen molar-refractivity contribution in [1.82, 2.24) is 0 Å². The van der Waals surface area contributed by atoms with Crippen molar-refractivity contribution in [3.05, 3.63) is 65.2 Å². The number of anilines is 1. The molecule has 8 heteroatoms. The predicted molar refractivity (Wildman–Crippen MR) is 97.6 cm³/mol. The zero-order valence-corrected chi connectivity index (χ0v) is 15.1. The summed E-state index contributed by atoms with van der Waals surface area (Å²) in [5, 5.41) is 2.98. The van der Waals surface area contributed by atoms with Crippen LogP contribution in [-0.2, 0) is 14.3 Å². The van der Waals surface area contributed by atoms with Gasteiger partial charge in [-0.1, -0.05) is 12.1 Å². The number of carbonyl (C=O) groups excluding carboxylic acids is 3. The van der Waals surface area contributed by atoms with Gasteiger partial charge in [0.1, 0.15) is 0 Å². The van der Waals surface area contributed by atoms with Gasteiger partial charge < -0.3 is 19.2 Å². The molecule has 0 bridgehead atoms. The van der Waals surface area contributed by atoms with Crippen molar-refractivity contribution < 1.29 is 32.7 Å². The molecule has 0 unspecified atom stereocenters. The fourth-order valence-corrected chi connectivity index (χ4v) is 2.60. The van der Waals surface area contributed by atoms with Crippen LogP contribution in [0.2, 0.25) is 0 Å². The third kappa shape index (κ3) is 3.85. The molecule has 2 aromatic carbocycles. The summed E-state index contributed by atoms with van der Waals surface area (Å²) in [6.07, 6.45) is 0. The molecule has 0 spiro atoms. The van der Waals surface area contributed by atoms with Crippen LogP contribution in [0.25, 0.3) is 11.0 Å². The number of carbonyl (C=O) groups is 3. The van der Waals surface area contributed by atoms with E-state index in [0.717, 1.165) is 0 Å². The van der Waals surface area contributed by atoms with Gasteiger partial charge in [-0.2, -0.15) is 0 Å². The second-order valence-corrected chi connectivity index (χ2v) is 5.87. The summed E-state index contributed by atoms with van der Waals surface area (Å²) >= 11 is 0. The molecule has 1 N–H and O–H groups in total. The molecular formula is C20H16FNO6. The molecule has 28 heavy (non-hydrogen) atoms. The van der Waals surface area contributed by atoms with Crippen LogP contribution in [0.4, 0.5) is 10.1 Å². The molecule has 0 saturated heterocycles. The van der Waals surface area contributed by atoms with E-state index >= 15 is 0 Å². The van der Waals surface area contributed by atoms with Crippen LogP contribution in [0.15, 0.2) is 46.9 Å². The number of methoxy groups -OCH3 is 1. The van der Waals surface area contributed by atoms with Gasteiger partial charge >= 0.3 is 11.9 Å². The molecule has 3 aromatic rings. The van der Waals surface area contributed by atoms with Gasteiger partial charge in [0.05, 0.1) is 12.7 Å². The normalized spacial score (nSPS) is 10.5. The third-order valence-electron chi connectivity index (χ3n) is 4.03.